The Morgan fingerprint density at radius 2 is 1.78 bits per heavy atom. The van der Waals surface area contributed by atoms with Crippen molar-refractivity contribution in [3.05, 3.63) is 44.4 Å². The first-order valence-corrected chi connectivity index (χ1v) is 9.45. The number of halogens is 1. The summed E-state index contributed by atoms with van der Waals surface area (Å²) < 4.78 is 0.133. The topological polar surface area (TPSA) is 113 Å². The van der Waals surface area contributed by atoms with E-state index in [-0.39, 0.29) is 57.0 Å². The highest BCUT2D eigenvalue weighted by Gasteiger charge is 2.67. The predicted molar refractivity (Wildman–Crippen MR) is 96.6 cm³/mol. The van der Waals surface area contributed by atoms with Gasteiger partial charge in [-0.3, -0.25) is 19.7 Å². The van der Waals surface area contributed by atoms with Gasteiger partial charge in [-0.25, -0.2) is 0 Å². The lowest BCUT2D eigenvalue weighted by atomic mass is 9.63. The number of nitro benzene ring substituents is 1. The first-order valence-electron chi connectivity index (χ1n) is 8.65. The molecule has 1 heterocycles. The number of hydrogen-bond donors (Lipinski definition) is 1. The highest BCUT2D eigenvalue weighted by Crippen LogP contribution is 2.65. The molecular weight excluding hydrogens is 418 g/mol. The summed E-state index contributed by atoms with van der Waals surface area (Å²) >= 11 is 3.06. The maximum Gasteiger partial charge on any atom is 0.271 e. The third-order valence-corrected chi connectivity index (χ3v) is 6.84. The van der Waals surface area contributed by atoms with Crippen molar-refractivity contribution in [2.45, 2.75) is 6.42 Å². The predicted octanol–water partition coefficient (Wildman–Crippen LogP) is 2.45. The Hall–Kier alpha value is -2.55. The standard InChI is InChI=1S/C18H14BrN3O5/c19-13-4-8(22(26)27)3-7(16(13)23)6-20-21-17(24)14-9-1-2-10(12-5-11(9)12)15(14)18(21)25/h1-4,6,9-12,14-15,23H,5H2/b20-6+/t9-,10-,11-,12-,14-,15+/m1/s1. The molecule has 2 saturated carbocycles. The molecule has 3 fully saturated rings. The molecule has 138 valence electrons. The summed E-state index contributed by atoms with van der Waals surface area (Å²) in [6.07, 6.45) is 6.34. The molecule has 0 aromatic heterocycles. The quantitative estimate of drug-likeness (QED) is 0.259. The van der Waals surface area contributed by atoms with Crippen LogP contribution in [-0.2, 0) is 9.59 Å². The minimum Gasteiger partial charge on any atom is -0.506 e. The molecular formula is C18H14BrN3O5. The van der Waals surface area contributed by atoms with E-state index in [0.29, 0.717) is 11.8 Å². The van der Waals surface area contributed by atoms with Crippen molar-refractivity contribution in [3.63, 3.8) is 0 Å². The molecule has 1 aromatic rings. The van der Waals surface area contributed by atoms with E-state index in [1.165, 1.54) is 6.07 Å². The van der Waals surface area contributed by atoms with Crippen molar-refractivity contribution >= 4 is 39.6 Å². The number of aromatic hydroxyl groups is 1. The van der Waals surface area contributed by atoms with Gasteiger partial charge in [0.2, 0.25) is 0 Å². The Labute approximate surface area is 161 Å². The van der Waals surface area contributed by atoms with Crippen LogP contribution in [0.1, 0.15) is 12.0 Å². The summed E-state index contributed by atoms with van der Waals surface area (Å²) in [5.41, 5.74) is -0.188. The number of allylic oxidation sites excluding steroid dienone is 2. The number of nitrogens with zero attached hydrogens (tertiary/aromatic N) is 3. The zero-order valence-electron chi connectivity index (χ0n) is 13.9. The van der Waals surface area contributed by atoms with E-state index in [4.69, 9.17) is 0 Å². The molecule has 0 spiro atoms. The molecule has 6 rings (SSSR count). The maximum atomic E-state index is 12.8. The lowest BCUT2D eigenvalue weighted by Gasteiger charge is -2.37. The molecule has 9 heteroatoms. The molecule has 0 unspecified atom stereocenters. The number of rotatable bonds is 3. The molecule has 1 aromatic carbocycles. The molecule has 6 atom stereocenters. The fourth-order valence-electron chi connectivity index (χ4n) is 4.98. The van der Waals surface area contributed by atoms with Gasteiger partial charge in [-0.15, -0.1) is 0 Å². The van der Waals surface area contributed by atoms with Gasteiger partial charge in [0, 0.05) is 17.7 Å². The molecule has 2 bridgehead atoms. The highest BCUT2D eigenvalue weighted by molar-refractivity contribution is 9.10. The van der Waals surface area contributed by atoms with E-state index in [1.54, 1.807) is 0 Å². The largest absolute Gasteiger partial charge is 0.506 e. The van der Waals surface area contributed by atoms with Crippen LogP contribution in [0, 0.1) is 45.6 Å². The Balaban J connectivity index is 1.47. The fourth-order valence-corrected chi connectivity index (χ4v) is 5.45. The summed E-state index contributed by atoms with van der Waals surface area (Å²) in [6.45, 7) is 0. The van der Waals surface area contributed by atoms with Gasteiger partial charge in [0.15, 0.2) is 0 Å². The second-order valence-electron chi connectivity index (χ2n) is 7.51. The normalized spacial score (nSPS) is 35.7. The van der Waals surface area contributed by atoms with Crippen LogP contribution in [-0.4, -0.2) is 33.1 Å². The monoisotopic (exact) mass is 431 g/mol. The van der Waals surface area contributed by atoms with Gasteiger partial charge < -0.3 is 5.11 Å². The number of hydrogen-bond acceptors (Lipinski definition) is 6. The van der Waals surface area contributed by atoms with Gasteiger partial charge in [-0.1, -0.05) is 12.2 Å². The number of nitro groups is 1. The van der Waals surface area contributed by atoms with Crippen LogP contribution in [0.3, 0.4) is 0 Å². The number of amides is 2. The van der Waals surface area contributed by atoms with Crippen LogP contribution >= 0.6 is 15.9 Å². The SMILES string of the molecule is O=C1[C@@H]2[C@@H]3C=C[C@H]([C@H]4C[C@H]34)[C@@H]2C(=O)N1/N=C/c1cc([N+](=O)[O-])cc(Br)c1O. The van der Waals surface area contributed by atoms with Crippen molar-refractivity contribution in [2.24, 2.45) is 40.6 Å². The molecule has 27 heavy (non-hydrogen) atoms. The van der Waals surface area contributed by atoms with E-state index in [9.17, 15) is 24.8 Å². The third kappa shape index (κ3) is 2.24. The van der Waals surface area contributed by atoms with E-state index in [1.807, 2.05) is 0 Å². The van der Waals surface area contributed by atoms with Crippen LogP contribution in [0.5, 0.6) is 5.75 Å². The van der Waals surface area contributed by atoms with E-state index in [2.05, 4.69) is 33.2 Å². The molecule has 1 aliphatic heterocycles. The second kappa shape index (κ2) is 5.48. The first kappa shape index (κ1) is 16.6. The third-order valence-electron chi connectivity index (χ3n) is 6.24. The van der Waals surface area contributed by atoms with Gasteiger partial charge in [-0.05, 0) is 46.0 Å². The summed E-state index contributed by atoms with van der Waals surface area (Å²) in [5, 5.41) is 26.0. The molecule has 5 aliphatic rings. The number of hydrazone groups is 1. The highest BCUT2D eigenvalue weighted by atomic mass is 79.9. The molecule has 0 radical (unpaired) electrons. The number of phenols is 1. The van der Waals surface area contributed by atoms with Crippen molar-refractivity contribution in [3.8, 4) is 5.75 Å². The molecule has 1 N–H and O–H groups in total. The second-order valence-corrected chi connectivity index (χ2v) is 8.36. The zero-order valence-corrected chi connectivity index (χ0v) is 15.4. The Morgan fingerprint density at radius 1 is 1.19 bits per heavy atom. The minimum atomic E-state index is -0.599. The lowest BCUT2D eigenvalue weighted by molar-refractivity contribution is -0.385. The van der Waals surface area contributed by atoms with Crippen LogP contribution in [0.15, 0.2) is 33.9 Å². The maximum absolute atomic E-state index is 12.8. The molecule has 4 aliphatic carbocycles. The van der Waals surface area contributed by atoms with Gasteiger partial charge in [-0.2, -0.15) is 10.1 Å². The number of carbonyl (C=O) groups is 2. The summed E-state index contributed by atoms with van der Waals surface area (Å²) in [6, 6.07) is 2.31. The number of carbonyl (C=O) groups excluding carboxylic acids is 2. The molecule has 1 saturated heterocycles. The van der Waals surface area contributed by atoms with Crippen molar-refractivity contribution in [1.29, 1.82) is 0 Å². The molecule has 2 amide bonds. The summed E-state index contributed by atoms with van der Waals surface area (Å²) in [7, 11) is 0. The van der Waals surface area contributed by atoms with E-state index >= 15 is 0 Å². The first-order chi connectivity index (χ1) is 12.9. The van der Waals surface area contributed by atoms with Gasteiger partial charge in [0.1, 0.15) is 5.75 Å². The zero-order chi connectivity index (χ0) is 19.0. The minimum absolute atomic E-state index is 0.0514. The van der Waals surface area contributed by atoms with Gasteiger partial charge >= 0.3 is 0 Å². The van der Waals surface area contributed by atoms with Gasteiger partial charge in [0.05, 0.1) is 27.4 Å². The number of phenolic OH excluding ortho intramolecular Hbond substituents is 1. The number of benzene rings is 1. The number of imide groups is 1. The number of non-ortho nitro benzene ring substituents is 1. The lowest BCUT2D eigenvalue weighted by Crippen LogP contribution is -2.40. The fraction of sp³-hybridized carbons (Fsp3) is 0.389. The van der Waals surface area contributed by atoms with Crippen molar-refractivity contribution in [1.82, 2.24) is 5.01 Å². The van der Waals surface area contributed by atoms with Crippen molar-refractivity contribution < 1.29 is 19.6 Å². The van der Waals surface area contributed by atoms with E-state index < -0.39 is 4.92 Å². The average Bonchev–Trinajstić information content (AvgIpc) is 3.42. The van der Waals surface area contributed by atoms with Crippen LogP contribution in [0.2, 0.25) is 0 Å². The average molecular weight is 432 g/mol. The van der Waals surface area contributed by atoms with Gasteiger partial charge in [0.25, 0.3) is 17.5 Å². The van der Waals surface area contributed by atoms with Crippen molar-refractivity contribution in [2.75, 3.05) is 0 Å². The molecule has 8 nitrogen and oxygen atoms in total. The summed E-state index contributed by atoms with van der Waals surface area (Å²) in [4.78, 5) is 36.1. The van der Waals surface area contributed by atoms with E-state index in [0.717, 1.165) is 23.7 Å². The van der Waals surface area contributed by atoms with Crippen LogP contribution in [0.4, 0.5) is 5.69 Å². The Kier molecular flexibility index (Phi) is 3.37. The van der Waals surface area contributed by atoms with Crippen LogP contribution in [0.25, 0.3) is 0 Å². The Morgan fingerprint density at radius 3 is 2.33 bits per heavy atom. The Bertz CT molecular complexity index is 938. The smallest absolute Gasteiger partial charge is 0.271 e. The summed E-state index contributed by atoms with van der Waals surface area (Å²) in [5.74, 6) is -0.423. The van der Waals surface area contributed by atoms with Crippen LogP contribution < -0.4 is 0 Å².